The van der Waals surface area contributed by atoms with Crippen LogP contribution in [-0.2, 0) is 6.54 Å². The minimum absolute atomic E-state index is 0.0911. The highest BCUT2D eigenvalue weighted by Crippen LogP contribution is 2.05. The molecule has 0 unspecified atom stereocenters. The molecule has 0 aliphatic carbocycles. The molecule has 0 N–H and O–H groups in total. The second-order valence-corrected chi connectivity index (χ2v) is 3.83. The Morgan fingerprint density at radius 2 is 2.11 bits per heavy atom. The summed E-state index contributed by atoms with van der Waals surface area (Å²) in [6.45, 7) is 0.359. The average molecular weight is 245 g/mol. The molecule has 0 spiro atoms. The zero-order valence-corrected chi connectivity index (χ0v) is 9.88. The third kappa shape index (κ3) is 2.88. The second kappa shape index (κ2) is 5.35. The lowest BCUT2D eigenvalue weighted by molar-refractivity contribution is 0.0776. The van der Waals surface area contributed by atoms with Gasteiger partial charge in [0.2, 0.25) is 5.95 Å². The smallest absolute Gasteiger partial charge is 0.272 e. The maximum atomic E-state index is 12.9. The van der Waals surface area contributed by atoms with Crippen molar-refractivity contribution in [3.63, 3.8) is 0 Å². The number of nitrogens with zero attached hydrogens (tertiary/aromatic N) is 3. The minimum atomic E-state index is -0.660. The molecular formula is C13H12FN3O. The molecule has 92 valence electrons. The number of carbonyl (C=O) groups excluding carboxylic acids is 1. The number of pyridine rings is 2. The standard InChI is InChI=1S/C13H12FN3O/c1-17(9-10-5-2-3-8-15-10)13(18)11-6-4-7-12(14)16-11/h2-8H,9H2,1H3. The van der Waals surface area contributed by atoms with Gasteiger partial charge in [0.25, 0.3) is 5.91 Å². The molecule has 0 aliphatic rings. The van der Waals surface area contributed by atoms with Crippen LogP contribution in [0.4, 0.5) is 4.39 Å². The molecule has 0 saturated heterocycles. The summed E-state index contributed by atoms with van der Waals surface area (Å²) in [5.41, 5.74) is 0.859. The number of amides is 1. The molecule has 0 radical (unpaired) electrons. The van der Waals surface area contributed by atoms with Gasteiger partial charge >= 0.3 is 0 Å². The first-order chi connectivity index (χ1) is 8.66. The molecule has 0 fully saturated rings. The summed E-state index contributed by atoms with van der Waals surface area (Å²) < 4.78 is 12.9. The van der Waals surface area contributed by atoms with Gasteiger partial charge in [-0.1, -0.05) is 12.1 Å². The number of halogens is 1. The van der Waals surface area contributed by atoms with Crippen LogP contribution in [0.2, 0.25) is 0 Å². The molecule has 0 aliphatic heterocycles. The molecular weight excluding hydrogens is 233 g/mol. The highest BCUT2D eigenvalue weighted by molar-refractivity contribution is 5.91. The topological polar surface area (TPSA) is 46.1 Å². The Bertz CT molecular complexity index is 545. The molecule has 2 aromatic heterocycles. The highest BCUT2D eigenvalue weighted by atomic mass is 19.1. The Kier molecular flexibility index (Phi) is 3.62. The predicted octanol–water partition coefficient (Wildman–Crippen LogP) is 1.89. The van der Waals surface area contributed by atoms with Crippen LogP contribution < -0.4 is 0 Å². The third-order valence-electron chi connectivity index (χ3n) is 2.41. The van der Waals surface area contributed by atoms with Crippen LogP contribution in [0.5, 0.6) is 0 Å². The van der Waals surface area contributed by atoms with E-state index in [9.17, 15) is 9.18 Å². The number of carbonyl (C=O) groups is 1. The fourth-order valence-electron chi connectivity index (χ4n) is 1.53. The van der Waals surface area contributed by atoms with E-state index in [0.29, 0.717) is 6.54 Å². The highest BCUT2D eigenvalue weighted by Gasteiger charge is 2.14. The Labute approximate surface area is 104 Å². The maximum Gasteiger partial charge on any atom is 0.272 e. The average Bonchev–Trinajstić information content (AvgIpc) is 2.39. The summed E-state index contributed by atoms with van der Waals surface area (Å²) in [7, 11) is 1.63. The van der Waals surface area contributed by atoms with E-state index in [4.69, 9.17) is 0 Å². The van der Waals surface area contributed by atoms with Crippen LogP contribution in [0.1, 0.15) is 16.2 Å². The Balaban J connectivity index is 2.10. The molecule has 2 heterocycles. The molecule has 0 bridgehead atoms. The molecule has 0 aromatic carbocycles. The fourth-order valence-corrected chi connectivity index (χ4v) is 1.53. The number of hydrogen-bond donors (Lipinski definition) is 0. The van der Waals surface area contributed by atoms with Crippen LogP contribution in [0.25, 0.3) is 0 Å². The van der Waals surface area contributed by atoms with Crippen LogP contribution in [0, 0.1) is 5.95 Å². The Morgan fingerprint density at radius 1 is 1.28 bits per heavy atom. The molecule has 0 saturated carbocycles. The summed E-state index contributed by atoms with van der Waals surface area (Å²) in [5, 5.41) is 0. The Hall–Kier alpha value is -2.30. The molecule has 2 rings (SSSR count). The number of hydrogen-bond acceptors (Lipinski definition) is 3. The summed E-state index contributed by atoms with van der Waals surface area (Å²) in [6, 6.07) is 9.63. The van der Waals surface area contributed by atoms with E-state index < -0.39 is 5.95 Å². The van der Waals surface area contributed by atoms with Crippen molar-refractivity contribution in [3.8, 4) is 0 Å². The predicted molar refractivity (Wildman–Crippen MR) is 64.2 cm³/mol. The SMILES string of the molecule is CN(Cc1ccccn1)C(=O)c1cccc(F)n1. The first kappa shape index (κ1) is 12.2. The molecule has 18 heavy (non-hydrogen) atoms. The lowest BCUT2D eigenvalue weighted by Crippen LogP contribution is -2.27. The molecule has 0 atom stereocenters. The van der Waals surface area contributed by atoms with E-state index >= 15 is 0 Å². The van der Waals surface area contributed by atoms with Gasteiger partial charge in [0.15, 0.2) is 0 Å². The summed E-state index contributed by atoms with van der Waals surface area (Å²) in [6.07, 6.45) is 1.66. The monoisotopic (exact) mass is 245 g/mol. The molecule has 5 heteroatoms. The third-order valence-corrected chi connectivity index (χ3v) is 2.41. The van der Waals surface area contributed by atoms with E-state index in [0.717, 1.165) is 5.69 Å². The normalized spacial score (nSPS) is 10.1. The zero-order valence-electron chi connectivity index (χ0n) is 9.88. The lowest BCUT2D eigenvalue weighted by atomic mass is 10.3. The van der Waals surface area contributed by atoms with Gasteiger partial charge in [-0.25, -0.2) is 4.98 Å². The molecule has 2 aromatic rings. The first-order valence-corrected chi connectivity index (χ1v) is 5.45. The zero-order chi connectivity index (χ0) is 13.0. The quantitative estimate of drug-likeness (QED) is 0.776. The van der Waals surface area contributed by atoms with E-state index in [1.54, 1.807) is 19.3 Å². The summed E-state index contributed by atoms with van der Waals surface area (Å²) in [5.74, 6) is -0.993. The molecule has 4 nitrogen and oxygen atoms in total. The van der Waals surface area contributed by atoms with Gasteiger partial charge in [-0.15, -0.1) is 0 Å². The van der Waals surface area contributed by atoms with Crippen molar-refractivity contribution in [2.45, 2.75) is 6.54 Å². The van der Waals surface area contributed by atoms with E-state index in [1.807, 2.05) is 12.1 Å². The van der Waals surface area contributed by atoms with Crippen molar-refractivity contribution < 1.29 is 9.18 Å². The van der Waals surface area contributed by atoms with Crippen LogP contribution >= 0.6 is 0 Å². The minimum Gasteiger partial charge on any atom is -0.334 e. The van der Waals surface area contributed by atoms with E-state index in [-0.39, 0.29) is 11.6 Å². The fraction of sp³-hybridized carbons (Fsp3) is 0.154. The van der Waals surface area contributed by atoms with Gasteiger partial charge in [-0.3, -0.25) is 9.78 Å². The van der Waals surface area contributed by atoms with Gasteiger partial charge in [0.05, 0.1) is 12.2 Å². The summed E-state index contributed by atoms with van der Waals surface area (Å²) in [4.78, 5) is 21.1. The van der Waals surface area contributed by atoms with Gasteiger partial charge in [0, 0.05) is 13.2 Å². The molecule has 1 amide bonds. The van der Waals surface area contributed by atoms with Crippen LogP contribution in [0.3, 0.4) is 0 Å². The van der Waals surface area contributed by atoms with Crippen molar-refractivity contribution >= 4 is 5.91 Å². The van der Waals surface area contributed by atoms with E-state index in [1.165, 1.54) is 23.1 Å². The van der Waals surface area contributed by atoms with Crippen molar-refractivity contribution in [3.05, 3.63) is 59.9 Å². The maximum absolute atomic E-state index is 12.9. The van der Waals surface area contributed by atoms with Gasteiger partial charge in [-0.2, -0.15) is 4.39 Å². The number of rotatable bonds is 3. The first-order valence-electron chi connectivity index (χ1n) is 5.45. The van der Waals surface area contributed by atoms with Crippen molar-refractivity contribution in [1.82, 2.24) is 14.9 Å². The summed E-state index contributed by atoms with van der Waals surface area (Å²) >= 11 is 0. The number of aromatic nitrogens is 2. The Morgan fingerprint density at radius 3 is 2.78 bits per heavy atom. The van der Waals surface area contributed by atoms with Crippen LogP contribution in [0.15, 0.2) is 42.6 Å². The van der Waals surface area contributed by atoms with E-state index in [2.05, 4.69) is 9.97 Å². The largest absolute Gasteiger partial charge is 0.334 e. The van der Waals surface area contributed by atoms with Gasteiger partial charge in [-0.05, 0) is 24.3 Å². The van der Waals surface area contributed by atoms with Gasteiger partial charge in [0.1, 0.15) is 5.69 Å². The van der Waals surface area contributed by atoms with Crippen molar-refractivity contribution in [2.75, 3.05) is 7.05 Å². The van der Waals surface area contributed by atoms with Crippen LogP contribution in [-0.4, -0.2) is 27.8 Å². The lowest BCUT2D eigenvalue weighted by Gasteiger charge is -2.15. The van der Waals surface area contributed by atoms with Crippen molar-refractivity contribution in [2.24, 2.45) is 0 Å². The van der Waals surface area contributed by atoms with Crippen molar-refractivity contribution in [1.29, 1.82) is 0 Å². The van der Waals surface area contributed by atoms with Gasteiger partial charge < -0.3 is 4.90 Å². The second-order valence-electron chi connectivity index (χ2n) is 3.83.